The second-order valence-corrected chi connectivity index (χ2v) is 4.14. The maximum Gasteiger partial charge on any atom is 0.159 e. The van der Waals surface area contributed by atoms with Crippen molar-refractivity contribution < 1.29 is 8.78 Å². The average Bonchev–Trinajstić information content (AvgIpc) is 2.36. The first-order chi connectivity index (χ1) is 8.22. The standard InChI is InChI=1S/C13H16F2N2.ClH/c1-2-13(17-7-5-16-6-8-17)10-3-4-11(14)12(15)9-10;/h2-4,9,13,16H,1,5-8H2;1H/t13-;/m0./s1. The molecule has 0 radical (unpaired) electrons. The first-order valence-corrected chi connectivity index (χ1v) is 5.74. The van der Waals surface area contributed by atoms with Crippen molar-refractivity contribution in [2.75, 3.05) is 26.2 Å². The van der Waals surface area contributed by atoms with Crippen LogP contribution >= 0.6 is 12.4 Å². The molecule has 5 heteroatoms. The van der Waals surface area contributed by atoms with Gasteiger partial charge in [0, 0.05) is 26.2 Å². The van der Waals surface area contributed by atoms with E-state index in [9.17, 15) is 8.78 Å². The molecule has 1 N–H and O–H groups in total. The highest BCUT2D eigenvalue weighted by molar-refractivity contribution is 5.85. The Morgan fingerprint density at radius 3 is 2.44 bits per heavy atom. The van der Waals surface area contributed by atoms with Crippen LogP contribution in [0.3, 0.4) is 0 Å². The summed E-state index contributed by atoms with van der Waals surface area (Å²) in [5.41, 5.74) is 0.751. The molecular weight excluding hydrogens is 258 g/mol. The Bertz CT molecular complexity index is 406. The van der Waals surface area contributed by atoms with E-state index in [1.165, 1.54) is 12.1 Å². The molecule has 0 aliphatic carbocycles. The minimum atomic E-state index is -0.808. The maximum atomic E-state index is 13.2. The Labute approximate surface area is 112 Å². The van der Waals surface area contributed by atoms with Crippen LogP contribution in [0.5, 0.6) is 0 Å². The van der Waals surface area contributed by atoms with Crippen LogP contribution in [0.25, 0.3) is 0 Å². The van der Waals surface area contributed by atoms with Crippen molar-refractivity contribution >= 4 is 12.4 Å². The number of benzene rings is 1. The van der Waals surface area contributed by atoms with Crippen LogP contribution in [-0.2, 0) is 0 Å². The molecule has 0 amide bonds. The molecule has 2 rings (SSSR count). The Kier molecular flexibility index (Phi) is 5.72. The molecule has 2 nitrogen and oxygen atoms in total. The maximum absolute atomic E-state index is 13.2. The van der Waals surface area contributed by atoms with Crippen molar-refractivity contribution in [3.63, 3.8) is 0 Å². The quantitative estimate of drug-likeness (QED) is 0.852. The van der Waals surface area contributed by atoms with Crippen molar-refractivity contribution in [1.82, 2.24) is 10.2 Å². The SMILES string of the molecule is C=C[C@@H](c1ccc(F)c(F)c1)N1CCNCC1.Cl. The van der Waals surface area contributed by atoms with Gasteiger partial charge < -0.3 is 5.32 Å². The number of nitrogens with one attached hydrogen (secondary N) is 1. The summed E-state index contributed by atoms with van der Waals surface area (Å²) in [7, 11) is 0. The van der Waals surface area contributed by atoms with E-state index in [1.807, 2.05) is 0 Å². The molecule has 0 spiro atoms. The largest absolute Gasteiger partial charge is 0.314 e. The number of nitrogens with zero attached hydrogens (tertiary/aromatic N) is 1. The first-order valence-electron chi connectivity index (χ1n) is 5.74. The topological polar surface area (TPSA) is 15.3 Å². The molecule has 1 aliphatic rings. The Hall–Kier alpha value is -0.970. The third-order valence-corrected chi connectivity index (χ3v) is 3.05. The lowest BCUT2D eigenvalue weighted by Gasteiger charge is -2.33. The summed E-state index contributed by atoms with van der Waals surface area (Å²) in [5.74, 6) is -1.61. The molecule has 0 aromatic heterocycles. The minimum Gasteiger partial charge on any atom is -0.314 e. The molecular formula is C13H17ClF2N2. The second-order valence-electron chi connectivity index (χ2n) is 4.14. The van der Waals surface area contributed by atoms with Crippen LogP contribution in [0.1, 0.15) is 11.6 Å². The minimum absolute atomic E-state index is 0. The van der Waals surface area contributed by atoms with Gasteiger partial charge in [0.05, 0.1) is 6.04 Å². The van der Waals surface area contributed by atoms with E-state index >= 15 is 0 Å². The normalized spacial score (nSPS) is 17.9. The molecule has 18 heavy (non-hydrogen) atoms. The Morgan fingerprint density at radius 2 is 1.89 bits per heavy atom. The van der Waals surface area contributed by atoms with Crippen LogP contribution in [0, 0.1) is 11.6 Å². The zero-order chi connectivity index (χ0) is 12.3. The monoisotopic (exact) mass is 274 g/mol. The van der Waals surface area contributed by atoms with E-state index in [0.29, 0.717) is 0 Å². The van der Waals surface area contributed by atoms with Crippen LogP contribution < -0.4 is 5.32 Å². The summed E-state index contributed by atoms with van der Waals surface area (Å²) in [6, 6.07) is 3.99. The fourth-order valence-corrected chi connectivity index (χ4v) is 2.15. The summed E-state index contributed by atoms with van der Waals surface area (Å²) in [5, 5.41) is 3.26. The van der Waals surface area contributed by atoms with Gasteiger partial charge in [0.25, 0.3) is 0 Å². The van der Waals surface area contributed by atoms with Gasteiger partial charge in [-0.05, 0) is 17.7 Å². The molecule has 0 saturated carbocycles. The van der Waals surface area contributed by atoms with E-state index in [0.717, 1.165) is 31.7 Å². The summed E-state index contributed by atoms with van der Waals surface area (Å²) in [4.78, 5) is 2.20. The highest BCUT2D eigenvalue weighted by Crippen LogP contribution is 2.23. The lowest BCUT2D eigenvalue weighted by molar-refractivity contribution is 0.203. The van der Waals surface area contributed by atoms with E-state index in [2.05, 4.69) is 16.8 Å². The molecule has 1 aromatic carbocycles. The van der Waals surface area contributed by atoms with Gasteiger partial charge in [-0.3, -0.25) is 4.90 Å². The summed E-state index contributed by atoms with van der Waals surface area (Å²) in [6.07, 6.45) is 1.78. The average molecular weight is 275 g/mol. The molecule has 100 valence electrons. The summed E-state index contributed by atoms with van der Waals surface area (Å²) < 4.78 is 26.1. The second kappa shape index (κ2) is 6.83. The number of piperazine rings is 1. The van der Waals surface area contributed by atoms with E-state index in [4.69, 9.17) is 0 Å². The van der Waals surface area contributed by atoms with E-state index in [1.54, 1.807) is 12.1 Å². The van der Waals surface area contributed by atoms with Crippen LogP contribution in [-0.4, -0.2) is 31.1 Å². The molecule has 1 heterocycles. The van der Waals surface area contributed by atoms with Gasteiger partial charge in [-0.15, -0.1) is 19.0 Å². The smallest absolute Gasteiger partial charge is 0.159 e. The highest BCUT2D eigenvalue weighted by Gasteiger charge is 2.20. The molecule has 1 fully saturated rings. The van der Waals surface area contributed by atoms with Gasteiger partial charge in [-0.2, -0.15) is 0 Å². The molecule has 1 atom stereocenters. The first kappa shape index (κ1) is 15.1. The number of hydrogen-bond donors (Lipinski definition) is 1. The predicted molar refractivity (Wildman–Crippen MR) is 71.0 cm³/mol. The van der Waals surface area contributed by atoms with Crippen LogP contribution in [0.2, 0.25) is 0 Å². The van der Waals surface area contributed by atoms with Gasteiger partial charge >= 0.3 is 0 Å². The third-order valence-electron chi connectivity index (χ3n) is 3.05. The molecule has 0 unspecified atom stereocenters. The zero-order valence-corrected chi connectivity index (χ0v) is 10.9. The predicted octanol–water partition coefficient (Wildman–Crippen LogP) is 2.52. The van der Waals surface area contributed by atoms with Crippen molar-refractivity contribution in [2.24, 2.45) is 0 Å². The van der Waals surface area contributed by atoms with Crippen molar-refractivity contribution in [3.8, 4) is 0 Å². The molecule has 1 aliphatic heterocycles. The molecule has 0 bridgehead atoms. The van der Waals surface area contributed by atoms with Crippen molar-refractivity contribution in [1.29, 1.82) is 0 Å². The van der Waals surface area contributed by atoms with Gasteiger partial charge in [-0.1, -0.05) is 12.1 Å². The molecule has 1 saturated heterocycles. The van der Waals surface area contributed by atoms with Gasteiger partial charge in [0.15, 0.2) is 11.6 Å². The molecule has 1 aromatic rings. The number of rotatable bonds is 3. The lowest BCUT2D eigenvalue weighted by atomic mass is 10.0. The summed E-state index contributed by atoms with van der Waals surface area (Å²) >= 11 is 0. The fourth-order valence-electron chi connectivity index (χ4n) is 2.15. The Balaban J connectivity index is 0.00000162. The van der Waals surface area contributed by atoms with Crippen molar-refractivity contribution in [3.05, 3.63) is 48.1 Å². The number of halogens is 3. The summed E-state index contributed by atoms with van der Waals surface area (Å²) in [6.45, 7) is 7.38. The van der Waals surface area contributed by atoms with Crippen molar-refractivity contribution in [2.45, 2.75) is 6.04 Å². The van der Waals surface area contributed by atoms with Crippen LogP contribution in [0.15, 0.2) is 30.9 Å². The van der Waals surface area contributed by atoms with Gasteiger partial charge in [0.1, 0.15) is 0 Å². The van der Waals surface area contributed by atoms with Gasteiger partial charge in [-0.25, -0.2) is 8.78 Å². The fraction of sp³-hybridized carbons (Fsp3) is 0.385. The van der Waals surface area contributed by atoms with Crippen LogP contribution in [0.4, 0.5) is 8.78 Å². The van der Waals surface area contributed by atoms with E-state index < -0.39 is 11.6 Å². The highest BCUT2D eigenvalue weighted by atomic mass is 35.5. The third kappa shape index (κ3) is 3.28. The Morgan fingerprint density at radius 1 is 1.22 bits per heavy atom. The zero-order valence-electron chi connectivity index (χ0n) is 10.0. The lowest BCUT2D eigenvalue weighted by Crippen LogP contribution is -2.44. The van der Waals surface area contributed by atoms with E-state index in [-0.39, 0.29) is 18.4 Å². The number of hydrogen-bond acceptors (Lipinski definition) is 2. The van der Waals surface area contributed by atoms with Gasteiger partial charge in [0.2, 0.25) is 0 Å².